The van der Waals surface area contributed by atoms with Crippen LogP contribution in [0.4, 0.5) is 11.4 Å². The van der Waals surface area contributed by atoms with E-state index < -0.39 is 0 Å². The van der Waals surface area contributed by atoms with Crippen LogP contribution in [0.15, 0.2) is 42.6 Å². The lowest BCUT2D eigenvalue weighted by Gasteiger charge is -2.07. The predicted molar refractivity (Wildman–Crippen MR) is 76.8 cm³/mol. The predicted octanol–water partition coefficient (Wildman–Crippen LogP) is 2.54. The van der Waals surface area contributed by atoms with Gasteiger partial charge in [0.15, 0.2) is 0 Å². The molecule has 0 saturated heterocycles. The summed E-state index contributed by atoms with van der Waals surface area (Å²) in [6.07, 6.45) is 2.85. The van der Waals surface area contributed by atoms with Crippen LogP contribution in [-0.2, 0) is 11.2 Å². The van der Waals surface area contributed by atoms with Crippen LogP contribution < -0.4 is 11.1 Å². The van der Waals surface area contributed by atoms with Crippen LogP contribution in [0.1, 0.15) is 17.7 Å². The Morgan fingerprint density at radius 3 is 2.68 bits per heavy atom. The van der Waals surface area contributed by atoms with Crippen LogP contribution >= 0.6 is 0 Å². The van der Waals surface area contributed by atoms with E-state index in [0.717, 1.165) is 22.6 Å². The van der Waals surface area contributed by atoms with Gasteiger partial charge in [0.25, 0.3) is 0 Å². The number of anilines is 2. The molecule has 0 spiro atoms. The molecule has 0 bridgehead atoms. The van der Waals surface area contributed by atoms with Gasteiger partial charge in [-0.3, -0.25) is 9.78 Å². The van der Waals surface area contributed by atoms with Gasteiger partial charge < -0.3 is 11.1 Å². The van der Waals surface area contributed by atoms with E-state index in [1.165, 1.54) is 0 Å². The molecule has 0 aliphatic carbocycles. The molecule has 2 aromatic rings. The van der Waals surface area contributed by atoms with Crippen LogP contribution in [0.5, 0.6) is 0 Å². The summed E-state index contributed by atoms with van der Waals surface area (Å²) in [5.74, 6) is -0.00655. The average molecular weight is 255 g/mol. The molecule has 0 aliphatic rings. The Morgan fingerprint density at radius 2 is 2.00 bits per heavy atom. The Labute approximate surface area is 112 Å². The van der Waals surface area contributed by atoms with Gasteiger partial charge in [-0.1, -0.05) is 12.1 Å². The number of nitrogens with one attached hydrogen (secondary N) is 1. The van der Waals surface area contributed by atoms with Crippen molar-refractivity contribution in [2.24, 2.45) is 0 Å². The molecule has 0 aliphatic heterocycles. The summed E-state index contributed by atoms with van der Waals surface area (Å²) in [7, 11) is 0. The lowest BCUT2D eigenvalue weighted by molar-refractivity contribution is -0.116. The molecule has 1 aromatic carbocycles. The highest BCUT2D eigenvalue weighted by molar-refractivity contribution is 5.91. The summed E-state index contributed by atoms with van der Waals surface area (Å²) in [5.41, 5.74) is 9.05. The standard InChI is InChI=1S/C15H17N3O/c1-11-14(3-2-10-17-11)18-15(19)9-6-12-4-7-13(16)8-5-12/h2-5,7-8,10H,6,9,16H2,1H3,(H,18,19). The fraction of sp³-hybridized carbons (Fsp3) is 0.200. The monoisotopic (exact) mass is 255 g/mol. The van der Waals surface area contributed by atoms with Crippen LogP contribution in [0.25, 0.3) is 0 Å². The first-order valence-electron chi connectivity index (χ1n) is 6.21. The molecule has 4 heteroatoms. The van der Waals surface area contributed by atoms with E-state index in [1.54, 1.807) is 6.20 Å². The smallest absolute Gasteiger partial charge is 0.224 e. The molecule has 2 rings (SSSR count). The molecule has 3 N–H and O–H groups in total. The highest BCUT2D eigenvalue weighted by Gasteiger charge is 2.05. The van der Waals surface area contributed by atoms with E-state index in [2.05, 4.69) is 10.3 Å². The number of aryl methyl sites for hydroxylation is 2. The second-order valence-corrected chi connectivity index (χ2v) is 4.43. The highest BCUT2D eigenvalue weighted by atomic mass is 16.1. The van der Waals surface area contributed by atoms with Crippen LogP contribution in [0, 0.1) is 6.92 Å². The van der Waals surface area contributed by atoms with Gasteiger partial charge in [-0.05, 0) is 43.2 Å². The van der Waals surface area contributed by atoms with Gasteiger partial charge >= 0.3 is 0 Å². The first-order valence-corrected chi connectivity index (χ1v) is 6.21. The van der Waals surface area contributed by atoms with Crippen molar-refractivity contribution in [3.05, 3.63) is 53.9 Å². The maximum Gasteiger partial charge on any atom is 0.224 e. The lowest BCUT2D eigenvalue weighted by Crippen LogP contribution is -2.13. The van der Waals surface area contributed by atoms with Gasteiger partial charge in [0.05, 0.1) is 11.4 Å². The third kappa shape index (κ3) is 3.81. The number of aromatic nitrogens is 1. The maximum atomic E-state index is 11.8. The Bertz CT molecular complexity index is 564. The molecular weight excluding hydrogens is 238 g/mol. The Balaban J connectivity index is 1.88. The fourth-order valence-corrected chi connectivity index (χ4v) is 1.77. The zero-order valence-electron chi connectivity index (χ0n) is 10.9. The van der Waals surface area contributed by atoms with Gasteiger partial charge in [0.1, 0.15) is 0 Å². The van der Waals surface area contributed by atoms with Crippen LogP contribution in [0.2, 0.25) is 0 Å². The van der Waals surface area contributed by atoms with Crippen LogP contribution in [0.3, 0.4) is 0 Å². The number of carbonyl (C=O) groups excluding carboxylic acids is 1. The normalized spacial score (nSPS) is 10.2. The zero-order chi connectivity index (χ0) is 13.7. The quantitative estimate of drug-likeness (QED) is 0.825. The van der Waals surface area contributed by atoms with E-state index in [1.807, 2.05) is 43.3 Å². The molecule has 0 atom stereocenters. The second kappa shape index (κ2) is 6.00. The summed E-state index contributed by atoms with van der Waals surface area (Å²) < 4.78 is 0. The minimum absolute atomic E-state index is 0.00655. The average Bonchev–Trinajstić information content (AvgIpc) is 2.41. The van der Waals surface area contributed by atoms with Crippen molar-refractivity contribution in [3.63, 3.8) is 0 Å². The molecule has 1 aromatic heterocycles. The molecule has 0 fully saturated rings. The van der Waals surface area contributed by atoms with Crippen LogP contribution in [-0.4, -0.2) is 10.9 Å². The second-order valence-electron chi connectivity index (χ2n) is 4.43. The van der Waals surface area contributed by atoms with Gasteiger partial charge in [-0.2, -0.15) is 0 Å². The van der Waals surface area contributed by atoms with Crippen molar-refractivity contribution in [3.8, 4) is 0 Å². The molecule has 98 valence electrons. The molecule has 19 heavy (non-hydrogen) atoms. The first kappa shape index (κ1) is 13.1. The third-order valence-corrected chi connectivity index (χ3v) is 2.90. The summed E-state index contributed by atoms with van der Waals surface area (Å²) in [4.78, 5) is 16.0. The minimum Gasteiger partial charge on any atom is -0.399 e. The highest BCUT2D eigenvalue weighted by Crippen LogP contribution is 2.12. The summed E-state index contributed by atoms with van der Waals surface area (Å²) >= 11 is 0. The number of hydrogen-bond acceptors (Lipinski definition) is 3. The van der Waals surface area contributed by atoms with E-state index in [9.17, 15) is 4.79 Å². The Kier molecular flexibility index (Phi) is 4.13. The van der Waals surface area contributed by atoms with Crippen molar-refractivity contribution in [1.82, 2.24) is 4.98 Å². The van der Waals surface area contributed by atoms with Crippen molar-refractivity contribution >= 4 is 17.3 Å². The van der Waals surface area contributed by atoms with E-state index >= 15 is 0 Å². The number of pyridine rings is 1. The summed E-state index contributed by atoms with van der Waals surface area (Å²) in [5, 5.41) is 2.87. The van der Waals surface area contributed by atoms with Crippen molar-refractivity contribution in [2.75, 3.05) is 11.1 Å². The number of carbonyl (C=O) groups is 1. The maximum absolute atomic E-state index is 11.8. The van der Waals surface area contributed by atoms with E-state index in [-0.39, 0.29) is 5.91 Å². The SMILES string of the molecule is Cc1ncccc1NC(=O)CCc1ccc(N)cc1. The Hall–Kier alpha value is -2.36. The largest absolute Gasteiger partial charge is 0.399 e. The van der Waals surface area contributed by atoms with Crippen molar-refractivity contribution in [2.45, 2.75) is 19.8 Å². The summed E-state index contributed by atoms with van der Waals surface area (Å²) in [6.45, 7) is 1.87. The molecule has 0 unspecified atom stereocenters. The topological polar surface area (TPSA) is 68.0 Å². The molecule has 0 saturated carbocycles. The lowest BCUT2D eigenvalue weighted by atomic mass is 10.1. The Morgan fingerprint density at radius 1 is 1.26 bits per heavy atom. The zero-order valence-corrected chi connectivity index (χ0v) is 10.9. The number of rotatable bonds is 4. The van der Waals surface area contributed by atoms with Gasteiger partial charge in [-0.25, -0.2) is 0 Å². The number of amides is 1. The van der Waals surface area contributed by atoms with Gasteiger partial charge in [-0.15, -0.1) is 0 Å². The third-order valence-electron chi connectivity index (χ3n) is 2.90. The minimum atomic E-state index is -0.00655. The van der Waals surface area contributed by atoms with Gasteiger partial charge in [0.2, 0.25) is 5.91 Å². The molecule has 1 amide bonds. The molecule has 0 radical (unpaired) electrons. The van der Waals surface area contributed by atoms with Crippen molar-refractivity contribution in [1.29, 1.82) is 0 Å². The number of hydrogen-bond donors (Lipinski definition) is 2. The molecule has 4 nitrogen and oxygen atoms in total. The van der Waals surface area contributed by atoms with Crippen molar-refractivity contribution < 1.29 is 4.79 Å². The first-order chi connectivity index (χ1) is 9.15. The molecule has 1 heterocycles. The number of nitrogens with zero attached hydrogens (tertiary/aromatic N) is 1. The molecular formula is C15H17N3O. The number of nitrogens with two attached hydrogens (primary N) is 1. The number of benzene rings is 1. The van der Waals surface area contributed by atoms with E-state index in [4.69, 9.17) is 5.73 Å². The van der Waals surface area contributed by atoms with E-state index in [0.29, 0.717) is 12.8 Å². The van der Waals surface area contributed by atoms with Gasteiger partial charge in [0, 0.05) is 18.3 Å². The summed E-state index contributed by atoms with van der Waals surface area (Å²) in [6, 6.07) is 11.2. The fourth-order valence-electron chi connectivity index (χ4n) is 1.77. The number of nitrogen functional groups attached to an aromatic ring is 1.